The molecule has 0 fully saturated rings. The molecule has 0 saturated heterocycles. The highest BCUT2D eigenvalue weighted by Gasteiger charge is 2.07. The lowest BCUT2D eigenvalue weighted by atomic mass is 10.0. The predicted octanol–water partition coefficient (Wildman–Crippen LogP) is 1.74. The zero-order chi connectivity index (χ0) is 12.7. The Hall–Kier alpha value is -1.39. The predicted molar refractivity (Wildman–Crippen MR) is 67.6 cm³/mol. The van der Waals surface area contributed by atoms with Gasteiger partial charge in [-0.2, -0.15) is 0 Å². The van der Waals surface area contributed by atoms with Gasteiger partial charge in [-0.1, -0.05) is 18.6 Å². The van der Waals surface area contributed by atoms with Gasteiger partial charge in [0.15, 0.2) is 0 Å². The van der Waals surface area contributed by atoms with Crippen LogP contribution < -0.4 is 16.2 Å². The molecule has 0 aromatic heterocycles. The summed E-state index contributed by atoms with van der Waals surface area (Å²) < 4.78 is 5.02. The molecule has 0 bridgehead atoms. The fraction of sp³-hybridized carbons (Fsp3) is 0.462. The number of benzene rings is 1. The Bertz CT molecular complexity index is 366. The lowest BCUT2D eigenvalue weighted by Gasteiger charge is -2.12. The van der Waals surface area contributed by atoms with Gasteiger partial charge in [-0.3, -0.25) is 4.79 Å². The van der Waals surface area contributed by atoms with E-state index in [-0.39, 0.29) is 12.0 Å². The van der Waals surface area contributed by atoms with Crippen LogP contribution in [0.5, 0.6) is 5.75 Å². The highest BCUT2D eigenvalue weighted by atomic mass is 16.5. The summed E-state index contributed by atoms with van der Waals surface area (Å²) in [7, 11) is 0. The number of carbonyl (C=O) groups is 1. The van der Waals surface area contributed by atoms with Crippen molar-refractivity contribution >= 4 is 5.97 Å². The van der Waals surface area contributed by atoms with E-state index < -0.39 is 0 Å². The van der Waals surface area contributed by atoms with Crippen molar-refractivity contribution in [2.75, 3.05) is 6.54 Å². The highest BCUT2D eigenvalue weighted by Crippen LogP contribution is 2.21. The summed E-state index contributed by atoms with van der Waals surface area (Å²) in [4.78, 5) is 10.8. The van der Waals surface area contributed by atoms with E-state index in [1.807, 2.05) is 18.2 Å². The minimum atomic E-state index is -0.321. The molecule has 0 radical (unpaired) electrons. The molecule has 4 N–H and O–H groups in total. The third kappa shape index (κ3) is 4.97. The largest absolute Gasteiger partial charge is 0.427 e. The van der Waals surface area contributed by atoms with Crippen LogP contribution in [-0.4, -0.2) is 12.5 Å². The average molecular weight is 236 g/mol. The molecule has 4 heteroatoms. The monoisotopic (exact) mass is 236 g/mol. The summed E-state index contributed by atoms with van der Waals surface area (Å²) in [5, 5.41) is 0. The summed E-state index contributed by atoms with van der Waals surface area (Å²) in [6, 6.07) is 7.32. The quantitative estimate of drug-likeness (QED) is 0.448. The molecule has 0 aliphatic heterocycles. The third-order valence-electron chi connectivity index (χ3n) is 2.52. The minimum Gasteiger partial charge on any atom is -0.427 e. The Kier molecular flexibility index (Phi) is 5.66. The molecule has 1 atom stereocenters. The zero-order valence-electron chi connectivity index (χ0n) is 10.2. The maximum atomic E-state index is 10.8. The first-order valence-electron chi connectivity index (χ1n) is 5.87. The van der Waals surface area contributed by atoms with E-state index in [4.69, 9.17) is 16.2 Å². The molecule has 17 heavy (non-hydrogen) atoms. The summed E-state index contributed by atoms with van der Waals surface area (Å²) in [5.74, 6) is 0.225. The molecule has 0 aliphatic rings. The number of unbranched alkanes of at least 4 members (excludes halogenated alkanes) is 1. The second kappa shape index (κ2) is 7.04. The molecule has 0 spiro atoms. The van der Waals surface area contributed by atoms with Gasteiger partial charge in [-0.25, -0.2) is 0 Å². The summed E-state index contributed by atoms with van der Waals surface area (Å²) in [5.41, 5.74) is 12.5. The lowest BCUT2D eigenvalue weighted by Crippen LogP contribution is -2.11. The molecule has 1 aromatic carbocycles. The number of nitrogens with two attached hydrogens (primary N) is 2. The molecule has 0 aliphatic carbocycles. The van der Waals surface area contributed by atoms with Crippen molar-refractivity contribution in [1.29, 1.82) is 0 Å². The van der Waals surface area contributed by atoms with Crippen LogP contribution in [0.3, 0.4) is 0 Å². The van der Waals surface area contributed by atoms with Crippen LogP contribution in [0.1, 0.15) is 37.8 Å². The van der Waals surface area contributed by atoms with E-state index in [0.29, 0.717) is 12.3 Å². The zero-order valence-corrected chi connectivity index (χ0v) is 10.2. The number of ether oxygens (including phenoxy) is 1. The molecule has 1 rings (SSSR count). The Morgan fingerprint density at radius 2 is 2.18 bits per heavy atom. The van der Waals surface area contributed by atoms with Crippen molar-refractivity contribution in [1.82, 2.24) is 0 Å². The fourth-order valence-corrected chi connectivity index (χ4v) is 1.65. The van der Waals surface area contributed by atoms with Gasteiger partial charge in [0.25, 0.3) is 0 Å². The fourth-order valence-electron chi connectivity index (χ4n) is 1.65. The van der Waals surface area contributed by atoms with Gasteiger partial charge in [0.1, 0.15) is 5.75 Å². The second-order valence-corrected chi connectivity index (χ2v) is 4.06. The van der Waals surface area contributed by atoms with Crippen LogP contribution in [0, 0.1) is 0 Å². The number of hydrogen-bond donors (Lipinski definition) is 2. The molecular weight excluding hydrogens is 216 g/mol. The summed E-state index contributed by atoms with van der Waals surface area (Å²) in [6.45, 7) is 2.08. The summed E-state index contributed by atoms with van der Waals surface area (Å²) in [6.07, 6.45) is 2.88. The molecule has 94 valence electrons. The Balaban J connectivity index is 2.60. The van der Waals surface area contributed by atoms with Gasteiger partial charge >= 0.3 is 5.97 Å². The molecular formula is C13H20N2O2. The topological polar surface area (TPSA) is 78.3 Å². The maximum Gasteiger partial charge on any atom is 0.308 e. The second-order valence-electron chi connectivity index (χ2n) is 4.06. The first-order chi connectivity index (χ1) is 8.13. The van der Waals surface area contributed by atoms with Gasteiger partial charge in [0, 0.05) is 13.0 Å². The van der Waals surface area contributed by atoms with Crippen molar-refractivity contribution in [3.8, 4) is 5.75 Å². The minimum absolute atomic E-state index is 0.0305. The van der Waals surface area contributed by atoms with Crippen LogP contribution in [0.4, 0.5) is 0 Å². The van der Waals surface area contributed by atoms with Crippen LogP contribution in [0.2, 0.25) is 0 Å². The van der Waals surface area contributed by atoms with Gasteiger partial charge in [-0.15, -0.1) is 0 Å². The van der Waals surface area contributed by atoms with E-state index in [0.717, 1.165) is 24.8 Å². The van der Waals surface area contributed by atoms with E-state index in [9.17, 15) is 4.79 Å². The van der Waals surface area contributed by atoms with Crippen LogP contribution in [0.15, 0.2) is 24.3 Å². The van der Waals surface area contributed by atoms with Crippen molar-refractivity contribution in [3.63, 3.8) is 0 Å². The highest BCUT2D eigenvalue weighted by molar-refractivity contribution is 5.69. The normalized spacial score (nSPS) is 12.2. The standard InChI is InChI=1S/C13H20N2O2/c1-10(16)17-12-6-4-5-11(9-12)13(15)7-2-3-8-14/h4-6,9,13H,2-3,7-8,14-15H2,1H3/t13-/m0/s1. The van der Waals surface area contributed by atoms with E-state index >= 15 is 0 Å². The first kappa shape index (κ1) is 13.7. The third-order valence-corrected chi connectivity index (χ3v) is 2.52. The van der Waals surface area contributed by atoms with Gasteiger partial charge in [-0.05, 0) is 37.1 Å². The summed E-state index contributed by atoms with van der Waals surface area (Å²) >= 11 is 0. The molecule has 1 aromatic rings. The Morgan fingerprint density at radius 3 is 2.82 bits per heavy atom. The van der Waals surface area contributed by atoms with E-state index in [2.05, 4.69) is 0 Å². The van der Waals surface area contributed by atoms with Gasteiger partial charge < -0.3 is 16.2 Å². The molecule has 0 unspecified atom stereocenters. The molecule has 4 nitrogen and oxygen atoms in total. The number of carbonyl (C=O) groups excluding carboxylic acids is 1. The number of rotatable bonds is 6. The van der Waals surface area contributed by atoms with E-state index in [1.165, 1.54) is 6.92 Å². The first-order valence-corrected chi connectivity index (χ1v) is 5.87. The van der Waals surface area contributed by atoms with Crippen molar-refractivity contribution in [2.24, 2.45) is 11.5 Å². The van der Waals surface area contributed by atoms with Crippen molar-refractivity contribution < 1.29 is 9.53 Å². The van der Waals surface area contributed by atoms with Crippen LogP contribution >= 0.6 is 0 Å². The molecule has 0 saturated carbocycles. The Labute approximate surface area is 102 Å². The van der Waals surface area contributed by atoms with Crippen LogP contribution in [-0.2, 0) is 4.79 Å². The maximum absolute atomic E-state index is 10.8. The van der Waals surface area contributed by atoms with Gasteiger partial charge in [0.05, 0.1) is 0 Å². The van der Waals surface area contributed by atoms with Gasteiger partial charge in [0.2, 0.25) is 0 Å². The van der Waals surface area contributed by atoms with Crippen molar-refractivity contribution in [3.05, 3.63) is 29.8 Å². The molecule has 0 amide bonds. The smallest absolute Gasteiger partial charge is 0.308 e. The van der Waals surface area contributed by atoms with Crippen LogP contribution in [0.25, 0.3) is 0 Å². The van der Waals surface area contributed by atoms with Crippen molar-refractivity contribution in [2.45, 2.75) is 32.2 Å². The average Bonchev–Trinajstić information content (AvgIpc) is 2.28. The number of hydrogen-bond acceptors (Lipinski definition) is 4. The SMILES string of the molecule is CC(=O)Oc1cccc([C@@H](N)CCCCN)c1. The molecule has 0 heterocycles. The lowest BCUT2D eigenvalue weighted by molar-refractivity contribution is -0.131. The van der Waals surface area contributed by atoms with E-state index in [1.54, 1.807) is 6.07 Å². The Morgan fingerprint density at radius 1 is 1.41 bits per heavy atom. The number of esters is 1.